The number of para-hydroxylation sites is 2. The third-order valence-electron chi connectivity index (χ3n) is 25.6. The number of thioether (sulfide) groups is 1. The number of hydrogen-bond donors (Lipinski definition) is 21. The zero-order valence-electron chi connectivity index (χ0n) is 81.7. The normalized spacial score (nSPS) is 23.9. The molecule has 0 aliphatic carbocycles. The predicted octanol–water partition coefficient (Wildman–Crippen LogP) is -3.79. The molecule has 23 N–H and O–H groups in total. The first-order valence-electron chi connectivity index (χ1n) is 47.9. The Balaban J connectivity index is 1.12. The fourth-order valence-electron chi connectivity index (χ4n) is 17.5. The number of carboxylic acid groups (broad SMARTS) is 2. The molecule has 18 amide bonds. The number of amides is 18. The molecular weight excluding hydrogens is 1920 g/mol. The molecule has 6 heterocycles. The zero-order chi connectivity index (χ0) is 107. The number of benzene rings is 3. The summed E-state index contributed by atoms with van der Waals surface area (Å²) in [5, 5.41) is 81.9. The van der Waals surface area contributed by atoms with E-state index < -0.39 is 316 Å². The van der Waals surface area contributed by atoms with E-state index in [4.69, 9.17) is 17.9 Å². The lowest BCUT2D eigenvalue weighted by molar-refractivity contribution is -0.149. The SMILES string of the molecule is C#CC[C@H](NC(=O)CNC(=O)[C@@H]1CSCC(=O)N[C@@H](Cc2ccc(O)cc2)C(=O)N(C)[C@@H](C)C(=O)N[C@@H](CC(=O)O)C(=O)N2CCC[C@H]2C(=O)N[C@@H](Cc2c[nH]cn2)C(=O)N[C@@H](CCC(N)=O)C(=O)N2C[C@H](O)C[C@H]2C(=O)C[C@@H](Cc2c[nH]c3ccccc23)C(=O)N[C@@H](CO)C(=O)N[C@@H](Cc2c[nH]c3ccccc23)C(=O)N(C)[C@@H](CCCC)C(=O)N(C)[C@@H](CCCC)C(=O)N[C@@H](CCC(=O)O)C(=O)N1)C(=O)NCC(N)=O. The number of unbranched alkanes of at least 4 members (excludes halogenated alkanes) is 2. The fraction of sp³-hybridized carbons (Fsp3) is 0.505. The van der Waals surface area contributed by atoms with Crippen LogP contribution in [0.2, 0.25) is 0 Å². The second-order valence-corrected chi connectivity index (χ2v) is 37.3. The number of hydrogen-bond acceptors (Lipinski definition) is 26. The number of carboxylic acids is 2. The van der Waals surface area contributed by atoms with Gasteiger partial charge in [-0.2, -0.15) is 0 Å². The van der Waals surface area contributed by atoms with E-state index >= 15 is 43.2 Å². The molecule has 16 atom stereocenters. The van der Waals surface area contributed by atoms with Gasteiger partial charge in [0.15, 0.2) is 5.78 Å². The topological polar surface area (TPSA) is 720 Å². The Labute approximate surface area is 843 Å². The summed E-state index contributed by atoms with van der Waals surface area (Å²) in [5.41, 5.74) is 13.4. The molecule has 6 aromatic rings. The molecule has 3 aromatic heterocycles. The molecule has 0 spiro atoms. The number of rotatable bonds is 31. The Kier molecular flexibility index (Phi) is 43.0. The zero-order valence-corrected chi connectivity index (χ0v) is 82.5. The van der Waals surface area contributed by atoms with Crippen LogP contribution in [0.1, 0.15) is 146 Å². The number of aliphatic hydroxyl groups is 2. The molecule has 9 rings (SSSR count). The number of nitrogens with two attached hydrogens (primary N) is 2. The minimum atomic E-state index is -1.99. The number of carbonyl (C=O) groups excluding carboxylic acids is 19. The molecule has 0 radical (unpaired) electrons. The number of phenolic OH excluding ortho intramolecular Hbond substituents is 1. The first-order valence-corrected chi connectivity index (χ1v) is 49.1. The summed E-state index contributed by atoms with van der Waals surface area (Å²) in [6.07, 6.45) is 3.90. The molecule has 0 unspecified atom stereocenters. The minimum absolute atomic E-state index is 0.0817. The second-order valence-electron chi connectivity index (χ2n) is 36.3. The van der Waals surface area contributed by atoms with Crippen LogP contribution in [0.5, 0.6) is 5.75 Å². The number of H-pyrrole nitrogens is 3. The number of imidazole rings is 1. The van der Waals surface area contributed by atoms with Crippen molar-refractivity contribution in [3.8, 4) is 18.1 Å². The maximum Gasteiger partial charge on any atom is 0.305 e. The summed E-state index contributed by atoms with van der Waals surface area (Å²) in [7, 11) is 3.66. The van der Waals surface area contributed by atoms with Crippen LogP contribution >= 0.6 is 11.8 Å². The van der Waals surface area contributed by atoms with E-state index in [2.05, 4.69) is 84.3 Å². The molecule has 3 fully saturated rings. The summed E-state index contributed by atoms with van der Waals surface area (Å²) in [5.74, 6) is -23.7. The van der Waals surface area contributed by atoms with Gasteiger partial charge in [-0.15, -0.1) is 24.1 Å². The van der Waals surface area contributed by atoms with Crippen LogP contribution in [0, 0.1) is 18.3 Å². The van der Waals surface area contributed by atoms with E-state index in [1.807, 2.05) is 0 Å². The van der Waals surface area contributed by atoms with Crippen LogP contribution < -0.4 is 70.0 Å². The van der Waals surface area contributed by atoms with Crippen LogP contribution in [0.15, 0.2) is 97.7 Å². The van der Waals surface area contributed by atoms with Gasteiger partial charge < -0.3 is 135 Å². The molecule has 48 nitrogen and oxygen atoms in total. The van der Waals surface area contributed by atoms with Crippen molar-refractivity contribution >= 4 is 158 Å². The van der Waals surface area contributed by atoms with Crippen LogP contribution in [0.3, 0.4) is 0 Å². The van der Waals surface area contributed by atoms with E-state index in [0.717, 1.165) is 31.5 Å². The quantitative estimate of drug-likeness (QED) is 0.0186. The number of aromatic nitrogens is 4. The van der Waals surface area contributed by atoms with Gasteiger partial charge in [0.05, 0.1) is 56.0 Å². The highest BCUT2D eigenvalue weighted by Gasteiger charge is 2.47. The molecule has 3 aliphatic heterocycles. The molecule has 3 aliphatic rings. The maximum atomic E-state index is 15.8. The van der Waals surface area contributed by atoms with Gasteiger partial charge in [-0.1, -0.05) is 88.1 Å². The van der Waals surface area contributed by atoms with Gasteiger partial charge in [-0.05, 0) is 92.8 Å². The summed E-state index contributed by atoms with van der Waals surface area (Å²) in [4.78, 5) is 321. The van der Waals surface area contributed by atoms with Crippen LogP contribution in [-0.2, 0) is 126 Å². The highest BCUT2D eigenvalue weighted by molar-refractivity contribution is 8.00. The lowest BCUT2D eigenvalue weighted by atomic mass is 9.90. The average molecular weight is 2050 g/mol. The number of Topliss-reactive ketones (excluding diaryl/α,β-unsaturated/α-hetero) is 1. The molecular formula is C97H128N22O26S. The van der Waals surface area contributed by atoms with Gasteiger partial charge in [0.2, 0.25) is 106 Å². The largest absolute Gasteiger partial charge is 0.508 e. The fourth-order valence-corrected chi connectivity index (χ4v) is 18.3. The Morgan fingerprint density at radius 1 is 0.568 bits per heavy atom. The van der Waals surface area contributed by atoms with Gasteiger partial charge in [0.25, 0.3) is 0 Å². The van der Waals surface area contributed by atoms with Crippen molar-refractivity contribution in [1.82, 2.24) is 103 Å². The van der Waals surface area contributed by atoms with Crippen LogP contribution in [-0.4, -0.2) is 350 Å². The molecule has 49 heteroatoms. The van der Waals surface area contributed by atoms with E-state index in [1.54, 1.807) is 74.8 Å². The number of carbonyl (C=O) groups is 21. The summed E-state index contributed by atoms with van der Waals surface area (Å²) in [6.45, 7) is 1.15. The molecule has 0 saturated carbocycles. The number of phenols is 1. The second kappa shape index (κ2) is 54.9. The van der Waals surface area contributed by atoms with Crippen molar-refractivity contribution in [2.75, 3.05) is 65.4 Å². The Morgan fingerprint density at radius 2 is 1.14 bits per heavy atom. The van der Waals surface area contributed by atoms with Gasteiger partial charge in [0.1, 0.15) is 84.3 Å². The molecule has 788 valence electrons. The number of likely N-dealkylation sites (N-methyl/N-ethyl adjacent to an activating group) is 3. The van der Waals surface area contributed by atoms with Crippen LogP contribution in [0.4, 0.5) is 0 Å². The number of nitrogens with zero attached hydrogens (tertiary/aromatic N) is 6. The van der Waals surface area contributed by atoms with E-state index in [9.17, 15) is 83.1 Å². The number of aliphatic carboxylic acids is 2. The number of aromatic amines is 3. The maximum absolute atomic E-state index is 15.8. The number of primary amides is 2. The molecule has 3 saturated heterocycles. The summed E-state index contributed by atoms with van der Waals surface area (Å²) in [6, 6.07) is -4.69. The smallest absolute Gasteiger partial charge is 0.305 e. The minimum Gasteiger partial charge on any atom is -0.508 e. The highest BCUT2D eigenvalue weighted by atomic mass is 32.2. The van der Waals surface area contributed by atoms with Crippen molar-refractivity contribution in [1.29, 1.82) is 0 Å². The standard InChI is InChI=1S/C97H128N22O26S/c1-8-11-23-73-91(139)108-65(31-33-82(128)129)88(136)114-72(87(135)104-46-80(126)106-64(18-10-3)86(134)103-45-79(99)125)49-146-50-81(127)107-68(35-53-26-28-58(121)29-27-53)93(141)115(5)52(4)84(132)111-70(41-83(130)131)96(144)118-34-17-25-74(118)92(140)110-67(39-57-44-100-51-105-57)89(137)109-66(30-32-78(98)124)95(143)119-47-59(122)40-76(119)77(123)38-54(36-55-42-101-62-21-15-13-19-60(55)62)85(133)113-71(48-120)90(138)112-69(37-56-43-102-63-22-16-14-20-61(56)63)94(142)117(7)75(24-12-9-2)97(145)116(73)6/h3,13-16,19-22,26-29,42-44,51-52,54,59,64-76,101-102,120-122H,8-9,11-12,17-18,23-25,30-41,45-50H2,1-2,4-7H3,(H2,98,124)(H2,99,125)(H,100,105)(H,103,134)(H,104,135)(H,106,126)(H,107,127)(H,108,139)(H,109,137)(H,110,140)(H,111,132)(H,112,138)(H,113,133)(H,114,136)(H,128,129)(H,130,131)/t52-,54+,59+,64-,65-,66-,67-,68-,69-,70-,71-,72-,73-,74-,75-,76-/m0/s1. The number of aliphatic hydroxyl groups excluding tert-OH is 2. The average Bonchev–Trinajstić information content (AvgIpc) is 1.68. The van der Waals surface area contributed by atoms with E-state index in [-0.39, 0.29) is 75.8 Å². The van der Waals surface area contributed by atoms with Gasteiger partial charge in [-0.3, -0.25) is 101 Å². The first kappa shape index (κ1) is 114. The molecule has 146 heavy (non-hydrogen) atoms. The van der Waals surface area contributed by atoms with Crippen molar-refractivity contribution in [3.63, 3.8) is 0 Å². The number of ketones is 1. The van der Waals surface area contributed by atoms with Gasteiger partial charge in [-0.25, -0.2) is 4.98 Å². The summed E-state index contributed by atoms with van der Waals surface area (Å²) < 4.78 is 0. The van der Waals surface area contributed by atoms with Gasteiger partial charge in [0, 0.05) is 138 Å². The third-order valence-corrected chi connectivity index (χ3v) is 26.6. The third kappa shape index (κ3) is 32.3. The number of nitrogens with one attached hydrogen (secondary N) is 14. The lowest BCUT2D eigenvalue weighted by Gasteiger charge is -2.36. The van der Waals surface area contributed by atoms with E-state index in [0.29, 0.717) is 63.1 Å². The van der Waals surface area contributed by atoms with E-state index in [1.165, 1.54) is 57.8 Å². The Bertz CT molecular complexity index is 5770. The van der Waals surface area contributed by atoms with Crippen molar-refractivity contribution in [2.45, 2.75) is 240 Å². The highest BCUT2D eigenvalue weighted by Crippen LogP contribution is 2.30. The van der Waals surface area contributed by atoms with Crippen molar-refractivity contribution in [2.24, 2.45) is 17.4 Å². The van der Waals surface area contributed by atoms with Crippen molar-refractivity contribution in [3.05, 3.63) is 120 Å². The number of terminal acetylenes is 1. The first-order chi connectivity index (χ1) is 69.5. The number of aromatic hydroxyl groups is 1. The predicted molar refractivity (Wildman–Crippen MR) is 524 cm³/mol. The monoisotopic (exact) mass is 2050 g/mol. The molecule has 3 aromatic carbocycles. The number of fused-ring (bicyclic) bond motifs is 4. The lowest BCUT2D eigenvalue weighted by Crippen LogP contribution is -2.61. The Hall–Kier alpha value is -15.4. The van der Waals surface area contributed by atoms with Crippen molar-refractivity contribution < 1.29 is 126 Å². The summed E-state index contributed by atoms with van der Waals surface area (Å²) >= 11 is 0.618. The molecule has 0 bridgehead atoms. The van der Waals surface area contributed by atoms with Crippen LogP contribution in [0.25, 0.3) is 21.8 Å². The Morgan fingerprint density at radius 3 is 1.76 bits per heavy atom. The van der Waals surface area contributed by atoms with Gasteiger partial charge >= 0.3 is 11.9 Å².